The molecule has 1 aromatic carbocycles. The van der Waals surface area contributed by atoms with E-state index in [2.05, 4.69) is 15.6 Å². The molecule has 1 aromatic heterocycles. The molecule has 0 fully saturated rings. The number of halogens is 1. The Kier molecular flexibility index (Phi) is 3.40. The molecular weight excluding hydrogens is 287 g/mol. The van der Waals surface area contributed by atoms with Crippen molar-refractivity contribution in [2.24, 2.45) is 12.2 Å². The quantitative estimate of drug-likeness (QED) is 0.944. The van der Waals surface area contributed by atoms with Crippen molar-refractivity contribution in [3.8, 4) is 0 Å². The van der Waals surface area contributed by atoms with Gasteiger partial charge in [-0.15, -0.1) is 0 Å². The fourth-order valence-corrected chi connectivity index (χ4v) is 2.19. The fourth-order valence-electron chi connectivity index (χ4n) is 2.19. The Morgan fingerprint density at radius 2 is 2.09 bits per heavy atom. The van der Waals surface area contributed by atoms with E-state index in [-0.39, 0.29) is 11.7 Å². The molecule has 1 amide bonds. The van der Waals surface area contributed by atoms with Crippen LogP contribution >= 0.6 is 0 Å². The first kappa shape index (κ1) is 14.2. The van der Waals surface area contributed by atoms with Gasteiger partial charge in [0.15, 0.2) is 5.82 Å². The van der Waals surface area contributed by atoms with E-state index >= 15 is 0 Å². The van der Waals surface area contributed by atoms with Crippen molar-refractivity contribution in [2.45, 2.75) is 18.9 Å². The minimum absolute atomic E-state index is 0.303. The van der Waals surface area contributed by atoms with Gasteiger partial charge in [0.2, 0.25) is 5.60 Å². The number of carbonyl (C=O) groups is 1. The maximum atomic E-state index is 13.0. The summed E-state index contributed by atoms with van der Waals surface area (Å²) in [6.07, 6.45) is 2.03. The van der Waals surface area contributed by atoms with E-state index < -0.39 is 5.60 Å². The Balaban J connectivity index is 1.71. The number of anilines is 1. The average molecular weight is 302 g/mol. The highest BCUT2D eigenvalue weighted by atomic mass is 19.1. The van der Waals surface area contributed by atoms with Crippen molar-refractivity contribution in [1.82, 2.24) is 9.78 Å². The van der Waals surface area contributed by atoms with E-state index in [9.17, 15) is 9.18 Å². The van der Waals surface area contributed by atoms with Crippen molar-refractivity contribution in [1.29, 1.82) is 0 Å². The Morgan fingerprint density at radius 1 is 1.36 bits per heavy atom. The lowest BCUT2D eigenvalue weighted by Crippen LogP contribution is -2.40. The third-order valence-corrected chi connectivity index (χ3v) is 3.48. The molecule has 0 spiro atoms. The number of carbonyl (C=O) groups excluding carboxylic acids is 1. The Bertz CT molecular complexity index is 738. The first-order valence-corrected chi connectivity index (χ1v) is 6.78. The zero-order valence-electron chi connectivity index (χ0n) is 12.2. The van der Waals surface area contributed by atoms with Gasteiger partial charge in [0.1, 0.15) is 5.82 Å². The standard InChI is InChI=1S/C15H15FN4O2/c1-15(14(21)17-13-7-8-20(2)18-13)9-12(19-22-15)10-3-5-11(16)6-4-10/h3-8H,9H2,1-2H3,(H,17,18,21)/t15-/m1/s1. The highest BCUT2D eigenvalue weighted by Gasteiger charge is 2.42. The fraction of sp³-hybridized carbons (Fsp3) is 0.267. The van der Waals surface area contributed by atoms with Crippen LogP contribution in [-0.4, -0.2) is 27.0 Å². The highest BCUT2D eigenvalue weighted by molar-refractivity contribution is 6.07. The van der Waals surface area contributed by atoms with Crippen molar-refractivity contribution in [3.63, 3.8) is 0 Å². The topological polar surface area (TPSA) is 68.5 Å². The highest BCUT2D eigenvalue weighted by Crippen LogP contribution is 2.28. The lowest BCUT2D eigenvalue weighted by molar-refractivity contribution is -0.135. The van der Waals surface area contributed by atoms with Gasteiger partial charge in [-0.1, -0.05) is 17.3 Å². The van der Waals surface area contributed by atoms with Crippen molar-refractivity contribution in [3.05, 3.63) is 47.9 Å². The second-order valence-electron chi connectivity index (χ2n) is 5.37. The van der Waals surface area contributed by atoms with E-state index in [1.807, 2.05) is 0 Å². The Labute approximate surface area is 126 Å². The van der Waals surface area contributed by atoms with Crippen LogP contribution in [0.5, 0.6) is 0 Å². The maximum absolute atomic E-state index is 13.0. The molecule has 0 saturated heterocycles. The van der Waals surface area contributed by atoms with E-state index in [1.54, 1.807) is 43.0 Å². The normalized spacial score (nSPS) is 20.4. The predicted octanol–water partition coefficient (Wildman–Crippen LogP) is 2.08. The number of hydrogen-bond donors (Lipinski definition) is 1. The summed E-state index contributed by atoms with van der Waals surface area (Å²) in [6.45, 7) is 1.66. The minimum atomic E-state index is -1.11. The van der Waals surface area contributed by atoms with Crippen LogP contribution in [0.3, 0.4) is 0 Å². The van der Waals surface area contributed by atoms with Crippen LogP contribution in [-0.2, 0) is 16.7 Å². The molecule has 2 heterocycles. The molecule has 1 atom stereocenters. The molecule has 3 rings (SSSR count). The number of amides is 1. The first-order chi connectivity index (χ1) is 10.5. The van der Waals surface area contributed by atoms with Crippen molar-refractivity contribution >= 4 is 17.4 Å². The van der Waals surface area contributed by atoms with Gasteiger partial charge in [0.05, 0.1) is 5.71 Å². The summed E-state index contributed by atoms with van der Waals surface area (Å²) in [7, 11) is 1.76. The molecule has 22 heavy (non-hydrogen) atoms. The van der Waals surface area contributed by atoms with Gasteiger partial charge in [0, 0.05) is 25.7 Å². The molecule has 114 valence electrons. The first-order valence-electron chi connectivity index (χ1n) is 6.78. The van der Waals surface area contributed by atoms with Crippen molar-refractivity contribution in [2.75, 3.05) is 5.32 Å². The number of aromatic nitrogens is 2. The third kappa shape index (κ3) is 2.69. The number of oxime groups is 1. The van der Waals surface area contributed by atoms with Crippen LogP contribution in [0.4, 0.5) is 10.2 Å². The van der Waals surface area contributed by atoms with E-state index in [0.717, 1.165) is 5.56 Å². The van der Waals surface area contributed by atoms with Gasteiger partial charge in [-0.2, -0.15) is 5.10 Å². The molecule has 0 saturated carbocycles. The average Bonchev–Trinajstić information content (AvgIpc) is 3.07. The van der Waals surface area contributed by atoms with Crippen LogP contribution in [0.1, 0.15) is 18.9 Å². The van der Waals surface area contributed by atoms with E-state index in [1.165, 1.54) is 12.1 Å². The summed E-state index contributed by atoms with van der Waals surface area (Å²) in [6, 6.07) is 7.61. The minimum Gasteiger partial charge on any atom is -0.379 e. The molecule has 0 radical (unpaired) electrons. The number of aryl methyl sites for hydroxylation is 1. The number of nitrogens with zero attached hydrogens (tertiary/aromatic N) is 3. The summed E-state index contributed by atoms with van der Waals surface area (Å²) in [5, 5.41) is 10.8. The smallest absolute Gasteiger partial charge is 0.272 e. The molecule has 1 aliphatic rings. The summed E-state index contributed by atoms with van der Waals surface area (Å²) >= 11 is 0. The van der Waals surface area contributed by atoms with Crippen LogP contribution in [0.2, 0.25) is 0 Å². The Morgan fingerprint density at radius 3 is 2.73 bits per heavy atom. The monoisotopic (exact) mass is 302 g/mol. The van der Waals surface area contributed by atoms with Crippen LogP contribution in [0.15, 0.2) is 41.7 Å². The zero-order valence-corrected chi connectivity index (χ0v) is 12.2. The van der Waals surface area contributed by atoms with Gasteiger partial charge >= 0.3 is 0 Å². The number of rotatable bonds is 3. The number of hydrogen-bond acceptors (Lipinski definition) is 4. The molecule has 0 aliphatic carbocycles. The van der Waals surface area contributed by atoms with Gasteiger partial charge in [-0.25, -0.2) is 4.39 Å². The summed E-state index contributed by atoms with van der Waals surface area (Å²) < 4.78 is 14.5. The summed E-state index contributed by atoms with van der Waals surface area (Å²) in [5.41, 5.74) is 0.232. The molecule has 6 nitrogen and oxygen atoms in total. The molecule has 1 N–H and O–H groups in total. The molecular formula is C15H15FN4O2. The molecule has 7 heteroatoms. The lowest BCUT2D eigenvalue weighted by Gasteiger charge is -2.19. The molecule has 1 aliphatic heterocycles. The van der Waals surface area contributed by atoms with Gasteiger partial charge < -0.3 is 10.2 Å². The third-order valence-electron chi connectivity index (χ3n) is 3.48. The van der Waals surface area contributed by atoms with E-state index in [4.69, 9.17) is 4.84 Å². The summed E-state index contributed by atoms with van der Waals surface area (Å²) in [4.78, 5) is 17.7. The number of benzene rings is 1. The van der Waals surface area contributed by atoms with Crippen LogP contribution < -0.4 is 5.32 Å². The predicted molar refractivity (Wildman–Crippen MR) is 78.9 cm³/mol. The second-order valence-corrected chi connectivity index (χ2v) is 5.37. The van der Waals surface area contributed by atoms with Gasteiger partial charge in [-0.05, 0) is 24.6 Å². The van der Waals surface area contributed by atoms with E-state index in [0.29, 0.717) is 18.0 Å². The van der Waals surface area contributed by atoms with Crippen LogP contribution in [0, 0.1) is 5.82 Å². The molecule has 0 unspecified atom stereocenters. The zero-order chi connectivity index (χ0) is 15.7. The lowest BCUT2D eigenvalue weighted by atomic mass is 9.95. The molecule has 0 bridgehead atoms. The van der Waals surface area contributed by atoms with Gasteiger partial charge in [-0.3, -0.25) is 9.48 Å². The van der Waals surface area contributed by atoms with Crippen LogP contribution in [0.25, 0.3) is 0 Å². The van der Waals surface area contributed by atoms with Gasteiger partial charge in [0.25, 0.3) is 5.91 Å². The number of nitrogens with one attached hydrogen (secondary N) is 1. The van der Waals surface area contributed by atoms with Crippen molar-refractivity contribution < 1.29 is 14.0 Å². The second kappa shape index (κ2) is 5.25. The Hall–Kier alpha value is -2.70. The maximum Gasteiger partial charge on any atom is 0.272 e. The molecule has 2 aromatic rings. The summed E-state index contributed by atoms with van der Waals surface area (Å²) in [5.74, 6) is -0.196. The largest absolute Gasteiger partial charge is 0.379 e. The SMILES string of the molecule is Cn1ccc(NC(=O)[C@@]2(C)CC(c3ccc(F)cc3)=NO2)n1.